The molecule has 0 spiro atoms. The van der Waals surface area contributed by atoms with Gasteiger partial charge >= 0.3 is 0 Å². The third-order valence-electron chi connectivity index (χ3n) is 3.04. The average molecular weight is 400 g/mol. The van der Waals surface area contributed by atoms with Crippen molar-refractivity contribution in [3.8, 4) is 0 Å². The van der Waals surface area contributed by atoms with Crippen molar-refractivity contribution >= 4 is 39.9 Å². The molecule has 0 radical (unpaired) electrons. The molecule has 1 aromatic heterocycles. The number of benzene rings is 1. The summed E-state index contributed by atoms with van der Waals surface area (Å²) in [5.74, 6) is 1.51. The first-order valence-electron chi connectivity index (χ1n) is 6.55. The van der Waals surface area contributed by atoms with Crippen molar-refractivity contribution in [2.24, 2.45) is 0 Å². The summed E-state index contributed by atoms with van der Waals surface area (Å²) in [4.78, 5) is 8.91. The van der Waals surface area contributed by atoms with E-state index in [1.165, 1.54) is 12.1 Å². The van der Waals surface area contributed by atoms with Crippen LogP contribution in [-0.2, 0) is 5.41 Å². The first-order chi connectivity index (χ1) is 9.68. The maximum Gasteiger partial charge on any atom is 0.139 e. The molecule has 0 aliphatic carbocycles. The highest BCUT2D eigenvalue weighted by Gasteiger charge is 2.20. The van der Waals surface area contributed by atoms with Crippen LogP contribution in [0.1, 0.15) is 32.2 Å². The van der Waals surface area contributed by atoms with E-state index >= 15 is 0 Å². The quantitative estimate of drug-likeness (QED) is 0.744. The lowest BCUT2D eigenvalue weighted by atomic mass is 9.95. The smallest absolute Gasteiger partial charge is 0.139 e. The maximum absolute atomic E-state index is 13.2. The Hall–Kier alpha value is -1.44. The van der Waals surface area contributed by atoms with Gasteiger partial charge in [0.15, 0.2) is 0 Å². The number of nitrogens with zero attached hydrogens (tertiary/aromatic N) is 2. The number of anilines is 3. The fraction of sp³-hybridized carbons (Fsp3) is 0.333. The minimum atomic E-state index is -0.265. The lowest BCUT2D eigenvalue weighted by Gasteiger charge is -2.20. The molecule has 0 amide bonds. The summed E-state index contributed by atoms with van der Waals surface area (Å²) in [6.45, 7) is 7.95. The predicted molar refractivity (Wildman–Crippen MR) is 92.3 cm³/mol. The molecule has 0 bridgehead atoms. The minimum absolute atomic E-state index is 0.200. The van der Waals surface area contributed by atoms with Crippen LogP contribution in [0.15, 0.2) is 18.2 Å². The Morgan fingerprint density at radius 2 is 1.90 bits per heavy atom. The van der Waals surface area contributed by atoms with E-state index in [0.717, 1.165) is 14.8 Å². The molecule has 21 heavy (non-hydrogen) atoms. The van der Waals surface area contributed by atoms with Gasteiger partial charge in [-0.15, -0.1) is 0 Å². The molecule has 1 heterocycles. The Kier molecular flexibility index (Phi) is 4.36. The zero-order valence-electron chi connectivity index (χ0n) is 12.5. The van der Waals surface area contributed by atoms with Crippen LogP contribution < -0.4 is 11.1 Å². The lowest BCUT2D eigenvalue weighted by molar-refractivity contribution is 0.546. The molecular formula is C15H18FIN4. The number of rotatable bonds is 2. The largest absolute Gasteiger partial charge is 0.383 e. The SMILES string of the molecule is Cc1c(N)nc(C(C)(C)C)nc1Nc1ccc(F)cc1I. The number of nitrogen functional groups attached to an aromatic ring is 1. The predicted octanol–water partition coefficient (Wildman–Crippen LogP) is 4.15. The van der Waals surface area contributed by atoms with Gasteiger partial charge in [-0.2, -0.15) is 0 Å². The Bertz CT molecular complexity index is 680. The molecule has 3 N–H and O–H groups in total. The van der Waals surface area contributed by atoms with E-state index in [0.29, 0.717) is 17.5 Å². The van der Waals surface area contributed by atoms with Crippen molar-refractivity contribution in [1.82, 2.24) is 9.97 Å². The van der Waals surface area contributed by atoms with E-state index < -0.39 is 0 Å². The van der Waals surface area contributed by atoms with Gasteiger partial charge in [-0.3, -0.25) is 0 Å². The van der Waals surface area contributed by atoms with Crippen molar-refractivity contribution in [2.75, 3.05) is 11.1 Å². The highest BCUT2D eigenvalue weighted by atomic mass is 127. The van der Waals surface area contributed by atoms with Gasteiger partial charge in [-0.25, -0.2) is 14.4 Å². The summed E-state index contributed by atoms with van der Waals surface area (Å²) in [7, 11) is 0. The van der Waals surface area contributed by atoms with Crippen molar-refractivity contribution in [2.45, 2.75) is 33.1 Å². The number of aromatic nitrogens is 2. The molecule has 0 saturated carbocycles. The Morgan fingerprint density at radius 3 is 2.48 bits per heavy atom. The van der Waals surface area contributed by atoms with Gasteiger partial charge in [0.1, 0.15) is 23.3 Å². The van der Waals surface area contributed by atoms with Gasteiger partial charge in [0, 0.05) is 14.5 Å². The molecule has 1 aromatic carbocycles. The second kappa shape index (κ2) is 5.75. The second-order valence-corrected chi connectivity index (χ2v) is 7.07. The first kappa shape index (κ1) is 15.9. The molecule has 4 nitrogen and oxygen atoms in total. The second-order valence-electron chi connectivity index (χ2n) is 5.91. The Balaban J connectivity index is 2.46. The molecule has 0 aliphatic rings. The van der Waals surface area contributed by atoms with Gasteiger partial charge in [-0.1, -0.05) is 20.8 Å². The summed E-state index contributed by atoms with van der Waals surface area (Å²) in [5.41, 5.74) is 7.35. The van der Waals surface area contributed by atoms with E-state index in [9.17, 15) is 4.39 Å². The molecule has 0 unspecified atom stereocenters. The van der Waals surface area contributed by atoms with E-state index in [1.807, 2.05) is 27.7 Å². The van der Waals surface area contributed by atoms with E-state index in [-0.39, 0.29) is 11.2 Å². The summed E-state index contributed by atoms with van der Waals surface area (Å²) in [6, 6.07) is 4.56. The molecule has 6 heteroatoms. The van der Waals surface area contributed by atoms with Crippen LogP contribution in [0.3, 0.4) is 0 Å². The zero-order valence-corrected chi connectivity index (χ0v) is 14.6. The van der Waals surface area contributed by atoms with Gasteiger partial charge in [0.25, 0.3) is 0 Å². The zero-order chi connectivity index (χ0) is 15.8. The molecular weight excluding hydrogens is 382 g/mol. The fourth-order valence-corrected chi connectivity index (χ4v) is 2.32. The third-order valence-corrected chi connectivity index (χ3v) is 3.93. The van der Waals surface area contributed by atoms with Gasteiger partial charge < -0.3 is 11.1 Å². The number of nitrogens with two attached hydrogens (primary N) is 1. The van der Waals surface area contributed by atoms with Crippen molar-refractivity contribution < 1.29 is 4.39 Å². The number of nitrogens with one attached hydrogen (secondary N) is 1. The van der Waals surface area contributed by atoms with Crippen LogP contribution in [0.25, 0.3) is 0 Å². The molecule has 2 aromatic rings. The fourth-order valence-electron chi connectivity index (χ4n) is 1.71. The standard InChI is InChI=1S/C15H18FIN4/c1-8-12(18)20-14(15(2,3)4)21-13(8)19-11-6-5-9(16)7-10(11)17/h5-7H,1-4H3,(H3,18,19,20,21). The molecule has 0 aliphatic heterocycles. The third kappa shape index (κ3) is 3.61. The van der Waals surface area contributed by atoms with Crippen LogP contribution in [0.2, 0.25) is 0 Å². The number of halogens is 2. The number of hydrogen-bond acceptors (Lipinski definition) is 4. The van der Waals surface area contributed by atoms with Crippen LogP contribution >= 0.6 is 22.6 Å². The van der Waals surface area contributed by atoms with Gasteiger partial charge in [0.2, 0.25) is 0 Å². The molecule has 112 valence electrons. The number of hydrogen-bond donors (Lipinski definition) is 2. The van der Waals surface area contributed by atoms with Crippen molar-refractivity contribution in [1.29, 1.82) is 0 Å². The van der Waals surface area contributed by atoms with E-state index in [4.69, 9.17) is 5.73 Å². The van der Waals surface area contributed by atoms with Crippen molar-refractivity contribution in [3.63, 3.8) is 0 Å². The monoisotopic (exact) mass is 400 g/mol. The first-order valence-corrected chi connectivity index (χ1v) is 7.63. The van der Waals surface area contributed by atoms with E-state index in [1.54, 1.807) is 6.07 Å². The summed E-state index contributed by atoms with van der Waals surface area (Å²) in [5, 5.41) is 3.22. The highest BCUT2D eigenvalue weighted by Crippen LogP contribution is 2.28. The van der Waals surface area contributed by atoms with Crippen LogP contribution in [0.4, 0.5) is 21.7 Å². The van der Waals surface area contributed by atoms with Crippen molar-refractivity contribution in [3.05, 3.63) is 39.0 Å². The summed E-state index contributed by atoms with van der Waals surface area (Å²) < 4.78 is 14.0. The normalized spacial score (nSPS) is 11.5. The summed E-state index contributed by atoms with van der Waals surface area (Å²) >= 11 is 2.08. The Labute approximate surface area is 137 Å². The maximum atomic E-state index is 13.2. The van der Waals surface area contributed by atoms with E-state index in [2.05, 4.69) is 37.9 Å². The van der Waals surface area contributed by atoms with Gasteiger partial charge in [-0.05, 0) is 47.7 Å². The molecule has 0 fully saturated rings. The highest BCUT2D eigenvalue weighted by molar-refractivity contribution is 14.1. The van der Waals surface area contributed by atoms with Gasteiger partial charge in [0.05, 0.1) is 5.69 Å². The Morgan fingerprint density at radius 1 is 1.24 bits per heavy atom. The van der Waals surface area contributed by atoms with Crippen LogP contribution in [0, 0.1) is 16.3 Å². The lowest BCUT2D eigenvalue weighted by Crippen LogP contribution is -2.19. The minimum Gasteiger partial charge on any atom is -0.383 e. The topological polar surface area (TPSA) is 63.8 Å². The molecule has 0 saturated heterocycles. The van der Waals surface area contributed by atoms with Crippen LogP contribution in [-0.4, -0.2) is 9.97 Å². The summed E-state index contributed by atoms with van der Waals surface area (Å²) in [6.07, 6.45) is 0. The average Bonchev–Trinajstić information content (AvgIpc) is 2.36. The van der Waals surface area contributed by atoms with Crippen LogP contribution in [0.5, 0.6) is 0 Å². The molecule has 0 atom stereocenters. The molecule has 2 rings (SSSR count).